The van der Waals surface area contributed by atoms with E-state index in [1.165, 1.54) is 4.31 Å². The second-order valence-electron chi connectivity index (χ2n) is 4.22. The van der Waals surface area contributed by atoms with Crippen molar-refractivity contribution in [2.45, 2.75) is 19.5 Å². The van der Waals surface area contributed by atoms with Crippen LogP contribution in [0.1, 0.15) is 12.5 Å². The standard InChI is InChI=1S/C12H20N2O3S/c1-11(10-17-3)13-18(15,16)14(2)9-12-7-5-4-6-8-12/h4-8,11,13H,9-10H2,1-3H3/t11-/m1/s1. The first-order valence-corrected chi connectivity index (χ1v) is 7.16. The van der Waals surface area contributed by atoms with Gasteiger partial charge in [-0.25, -0.2) is 0 Å². The van der Waals surface area contributed by atoms with E-state index in [1.54, 1.807) is 21.1 Å². The van der Waals surface area contributed by atoms with E-state index in [0.717, 1.165) is 5.56 Å². The maximum Gasteiger partial charge on any atom is 0.279 e. The van der Waals surface area contributed by atoms with E-state index >= 15 is 0 Å². The van der Waals surface area contributed by atoms with Gasteiger partial charge in [0.05, 0.1) is 6.61 Å². The molecule has 1 aromatic rings. The van der Waals surface area contributed by atoms with E-state index < -0.39 is 10.2 Å². The van der Waals surface area contributed by atoms with Crippen LogP contribution < -0.4 is 4.72 Å². The Morgan fingerprint density at radius 3 is 2.50 bits per heavy atom. The van der Waals surface area contributed by atoms with Gasteiger partial charge >= 0.3 is 0 Å². The lowest BCUT2D eigenvalue weighted by atomic mass is 10.2. The SMILES string of the molecule is COC[C@@H](C)NS(=O)(=O)N(C)Cc1ccccc1. The fourth-order valence-electron chi connectivity index (χ4n) is 1.55. The predicted molar refractivity (Wildman–Crippen MR) is 71.3 cm³/mol. The topological polar surface area (TPSA) is 58.6 Å². The maximum atomic E-state index is 12.0. The van der Waals surface area contributed by atoms with Gasteiger partial charge in [0.25, 0.3) is 10.2 Å². The quantitative estimate of drug-likeness (QED) is 0.805. The molecule has 0 unspecified atom stereocenters. The molecule has 0 aromatic heterocycles. The minimum Gasteiger partial charge on any atom is -0.383 e. The molecular weight excluding hydrogens is 252 g/mol. The highest BCUT2D eigenvalue weighted by Crippen LogP contribution is 2.06. The summed E-state index contributed by atoms with van der Waals surface area (Å²) >= 11 is 0. The number of nitrogens with one attached hydrogen (secondary N) is 1. The zero-order chi connectivity index (χ0) is 13.6. The molecule has 5 nitrogen and oxygen atoms in total. The average molecular weight is 272 g/mol. The molecule has 0 aliphatic rings. The van der Waals surface area contributed by atoms with Crippen molar-refractivity contribution in [3.63, 3.8) is 0 Å². The molecular formula is C12H20N2O3S. The second kappa shape index (κ2) is 6.84. The summed E-state index contributed by atoms with van der Waals surface area (Å²) in [4.78, 5) is 0. The van der Waals surface area contributed by atoms with Crippen LogP contribution in [0.15, 0.2) is 30.3 Å². The Labute approximate surface area is 109 Å². The van der Waals surface area contributed by atoms with E-state index in [2.05, 4.69) is 4.72 Å². The van der Waals surface area contributed by atoms with Crippen LogP contribution in [0.3, 0.4) is 0 Å². The van der Waals surface area contributed by atoms with E-state index in [1.807, 2.05) is 30.3 Å². The van der Waals surface area contributed by atoms with Crippen LogP contribution in [0, 0.1) is 0 Å². The van der Waals surface area contributed by atoms with Crippen LogP contribution in [0.25, 0.3) is 0 Å². The summed E-state index contributed by atoms with van der Waals surface area (Å²) in [6.45, 7) is 2.45. The highest BCUT2D eigenvalue weighted by atomic mass is 32.2. The van der Waals surface area contributed by atoms with Gasteiger partial charge in [-0.2, -0.15) is 17.4 Å². The molecule has 0 bridgehead atoms. The molecule has 0 saturated carbocycles. The van der Waals surface area contributed by atoms with Crippen LogP contribution in [0.4, 0.5) is 0 Å². The smallest absolute Gasteiger partial charge is 0.279 e. The fraction of sp³-hybridized carbons (Fsp3) is 0.500. The Balaban J connectivity index is 2.62. The molecule has 0 heterocycles. The Morgan fingerprint density at radius 2 is 1.94 bits per heavy atom. The number of hydrogen-bond acceptors (Lipinski definition) is 3. The van der Waals surface area contributed by atoms with Gasteiger partial charge in [-0.15, -0.1) is 0 Å². The molecule has 0 fully saturated rings. The van der Waals surface area contributed by atoms with Gasteiger partial charge in [-0.1, -0.05) is 30.3 Å². The van der Waals surface area contributed by atoms with E-state index in [-0.39, 0.29) is 6.04 Å². The molecule has 0 aliphatic carbocycles. The van der Waals surface area contributed by atoms with Crippen LogP contribution >= 0.6 is 0 Å². The van der Waals surface area contributed by atoms with Crippen LogP contribution in [0.5, 0.6) is 0 Å². The number of rotatable bonds is 7. The molecule has 1 aromatic carbocycles. The van der Waals surface area contributed by atoms with Crippen molar-refractivity contribution in [3.8, 4) is 0 Å². The minimum atomic E-state index is -3.48. The number of hydrogen-bond donors (Lipinski definition) is 1. The van der Waals surface area contributed by atoms with Gasteiger partial charge in [-0.05, 0) is 12.5 Å². The number of nitrogens with zero attached hydrogens (tertiary/aromatic N) is 1. The summed E-state index contributed by atoms with van der Waals surface area (Å²) in [6, 6.07) is 9.21. The van der Waals surface area contributed by atoms with Crippen LogP contribution in [-0.4, -0.2) is 39.5 Å². The first-order chi connectivity index (χ1) is 8.45. The highest BCUT2D eigenvalue weighted by Gasteiger charge is 2.20. The zero-order valence-electron chi connectivity index (χ0n) is 11.0. The monoisotopic (exact) mass is 272 g/mol. The van der Waals surface area contributed by atoms with Crippen molar-refractivity contribution in [2.24, 2.45) is 0 Å². The number of methoxy groups -OCH3 is 1. The molecule has 6 heteroatoms. The maximum absolute atomic E-state index is 12.0. The molecule has 18 heavy (non-hydrogen) atoms. The van der Waals surface area contributed by atoms with Crippen LogP contribution in [0.2, 0.25) is 0 Å². The van der Waals surface area contributed by atoms with E-state index in [4.69, 9.17) is 4.74 Å². The molecule has 0 aliphatic heterocycles. The molecule has 0 radical (unpaired) electrons. The van der Waals surface area contributed by atoms with Gasteiger partial charge < -0.3 is 4.74 Å². The summed E-state index contributed by atoms with van der Waals surface area (Å²) in [5.41, 5.74) is 0.949. The van der Waals surface area contributed by atoms with E-state index in [0.29, 0.717) is 13.2 Å². The van der Waals surface area contributed by atoms with Crippen molar-refractivity contribution in [1.29, 1.82) is 0 Å². The van der Waals surface area contributed by atoms with Gasteiger partial charge in [0.2, 0.25) is 0 Å². The van der Waals surface area contributed by atoms with Crippen molar-refractivity contribution >= 4 is 10.2 Å². The third-order valence-electron chi connectivity index (χ3n) is 2.43. The molecule has 102 valence electrons. The summed E-state index contributed by atoms with van der Waals surface area (Å²) < 4.78 is 32.7. The Hall–Kier alpha value is -0.950. The first-order valence-electron chi connectivity index (χ1n) is 5.72. The van der Waals surface area contributed by atoms with Crippen LogP contribution in [-0.2, 0) is 21.5 Å². The third-order valence-corrected chi connectivity index (χ3v) is 4.08. The minimum absolute atomic E-state index is 0.252. The van der Waals surface area contributed by atoms with Gasteiger partial charge in [-0.3, -0.25) is 0 Å². The van der Waals surface area contributed by atoms with Crippen molar-refractivity contribution in [3.05, 3.63) is 35.9 Å². The lowest BCUT2D eigenvalue weighted by molar-refractivity contribution is 0.179. The molecule has 0 amide bonds. The summed E-state index contributed by atoms with van der Waals surface area (Å²) in [5, 5.41) is 0. The lowest BCUT2D eigenvalue weighted by Gasteiger charge is -2.20. The van der Waals surface area contributed by atoms with Gasteiger partial charge in [0, 0.05) is 26.7 Å². The fourth-order valence-corrected chi connectivity index (χ4v) is 2.63. The molecule has 1 rings (SSSR count). The zero-order valence-corrected chi connectivity index (χ0v) is 11.8. The molecule has 0 saturated heterocycles. The first kappa shape index (κ1) is 15.1. The van der Waals surface area contributed by atoms with Crippen molar-refractivity contribution in [2.75, 3.05) is 20.8 Å². The average Bonchev–Trinajstić information content (AvgIpc) is 2.29. The summed E-state index contributed by atoms with van der Waals surface area (Å²) in [6.07, 6.45) is 0. The Bertz CT molecular complexity index is 448. The highest BCUT2D eigenvalue weighted by molar-refractivity contribution is 7.87. The van der Waals surface area contributed by atoms with Crippen molar-refractivity contribution in [1.82, 2.24) is 9.03 Å². The largest absolute Gasteiger partial charge is 0.383 e. The number of benzene rings is 1. The molecule has 0 spiro atoms. The van der Waals surface area contributed by atoms with Gasteiger partial charge in [0.1, 0.15) is 0 Å². The van der Waals surface area contributed by atoms with Crippen molar-refractivity contribution < 1.29 is 13.2 Å². The normalized spacial score (nSPS) is 13.8. The second-order valence-corrected chi connectivity index (χ2v) is 6.03. The van der Waals surface area contributed by atoms with Gasteiger partial charge in [0.15, 0.2) is 0 Å². The summed E-state index contributed by atoms with van der Waals surface area (Å²) in [5.74, 6) is 0. The Morgan fingerprint density at radius 1 is 1.33 bits per heavy atom. The lowest BCUT2D eigenvalue weighted by Crippen LogP contribution is -2.43. The molecule has 1 atom stereocenters. The number of ether oxygens (including phenoxy) is 1. The Kier molecular flexibility index (Phi) is 5.74. The predicted octanol–water partition coefficient (Wildman–Crippen LogP) is 0.988. The van der Waals surface area contributed by atoms with E-state index in [9.17, 15) is 8.42 Å². The third kappa shape index (κ3) is 4.73. The summed E-state index contributed by atoms with van der Waals surface area (Å²) in [7, 11) is -0.386. The molecule has 1 N–H and O–H groups in total.